The predicted molar refractivity (Wildman–Crippen MR) is 130 cm³/mol. The van der Waals surface area contributed by atoms with Gasteiger partial charge in [-0.2, -0.15) is 0 Å². The van der Waals surface area contributed by atoms with Gasteiger partial charge >= 0.3 is 0 Å². The highest BCUT2D eigenvalue weighted by Crippen LogP contribution is 2.36. The van der Waals surface area contributed by atoms with E-state index in [-0.39, 0.29) is 24.9 Å². The van der Waals surface area contributed by atoms with Gasteiger partial charge in [-0.3, -0.25) is 4.79 Å². The number of aliphatic hydroxyl groups is 2. The van der Waals surface area contributed by atoms with E-state index in [1.54, 1.807) is 35.2 Å². The van der Waals surface area contributed by atoms with Crippen molar-refractivity contribution in [2.75, 3.05) is 18.5 Å². The van der Waals surface area contributed by atoms with Gasteiger partial charge in [-0.05, 0) is 42.7 Å². The van der Waals surface area contributed by atoms with Gasteiger partial charge in [0.1, 0.15) is 11.8 Å². The molecule has 0 unspecified atom stereocenters. The van der Waals surface area contributed by atoms with Crippen molar-refractivity contribution in [3.63, 3.8) is 0 Å². The molecule has 0 bridgehead atoms. The van der Waals surface area contributed by atoms with Crippen molar-refractivity contribution in [1.82, 2.24) is 19.4 Å². The lowest BCUT2D eigenvalue weighted by molar-refractivity contribution is -0.0853. The monoisotopic (exact) mass is 517 g/mol. The lowest BCUT2D eigenvalue weighted by atomic mass is 10.1. The van der Waals surface area contributed by atoms with Crippen molar-refractivity contribution in [3.05, 3.63) is 65.1 Å². The maximum absolute atomic E-state index is 13.7. The van der Waals surface area contributed by atoms with Gasteiger partial charge in [0.15, 0.2) is 0 Å². The van der Waals surface area contributed by atoms with E-state index in [0.29, 0.717) is 41.5 Å². The Morgan fingerprint density at radius 2 is 2.08 bits per heavy atom. The number of carbonyl (C=O) groups excluding carboxylic acids is 1. The van der Waals surface area contributed by atoms with E-state index in [0.717, 1.165) is 5.56 Å². The zero-order valence-electron chi connectivity index (χ0n) is 19.3. The molecule has 3 heterocycles. The smallest absolute Gasteiger partial charge is 0.275 e. The average Bonchev–Trinajstić information content (AvgIpc) is 3.33. The fraction of sp³-hybridized carbons (Fsp3) is 0.400. The van der Waals surface area contributed by atoms with Gasteiger partial charge in [0.05, 0.1) is 18.3 Å². The summed E-state index contributed by atoms with van der Waals surface area (Å²) in [5, 5.41) is 23.1. The molecule has 1 saturated carbocycles. The molecule has 8 nitrogen and oxygen atoms in total. The SMILES string of the molecule is O=C1c2cc(-c3ccnc(N[C@@H]4C[C@H](O)C(F)(F)C4)n3)cn2CCCN1[C@H](CO)c1cccc(Cl)c1. The standard InChI is InChI=1S/C25H26ClF2N5O3/c26-17-4-1-3-15(9-17)21(14-34)33-8-2-7-32-13-16(10-20(32)23(33)36)19-5-6-29-24(31-19)30-18-11-22(35)25(27,28)12-18/h1,3-6,9-10,13,18,21-22,34-35H,2,7-8,11-12,14H2,(H,29,30,31)/t18-,21-,22+/m1/s1. The number of anilines is 1. The number of aromatic nitrogens is 3. The number of rotatable bonds is 6. The van der Waals surface area contributed by atoms with Crippen molar-refractivity contribution in [3.8, 4) is 11.3 Å². The van der Waals surface area contributed by atoms with E-state index in [2.05, 4.69) is 15.3 Å². The highest BCUT2D eigenvalue weighted by molar-refractivity contribution is 6.30. The quantitative estimate of drug-likeness (QED) is 0.460. The molecule has 1 aliphatic heterocycles. The number of fused-ring (bicyclic) bond motifs is 1. The second-order valence-electron chi connectivity index (χ2n) is 9.24. The first-order valence-corrected chi connectivity index (χ1v) is 12.2. The van der Waals surface area contributed by atoms with Crippen molar-refractivity contribution in [2.45, 2.75) is 49.9 Å². The number of aliphatic hydroxyl groups excluding tert-OH is 2. The number of nitrogens with zero attached hydrogens (tertiary/aromatic N) is 4. The fourth-order valence-electron chi connectivity index (χ4n) is 4.94. The molecule has 1 aromatic carbocycles. The van der Waals surface area contributed by atoms with Crippen LogP contribution in [0.15, 0.2) is 48.8 Å². The van der Waals surface area contributed by atoms with Gasteiger partial charge < -0.3 is 25.0 Å². The molecule has 1 fully saturated rings. The van der Waals surface area contributed by atoms with E-state index in [1.165, 1.54) is 6.20 Å². The molecule has 5 rings (SSSR count). The number of hydrogen-bond acceptors (Lipinski definition) is 6. The molecule has 3 N–H and O–H groups in total. The third-order valence-electron chi connectivity index (χ3n) is 6.76. The number of alkyl halides is 2. The summed E-state index contributed by atoms with van der Waals surface area (Å²) in [6.45, 7) is 0.846. The molecule has 36 heavy (non-hydrogen) atoms. The van der Waals surface area contributed by atoms with E-state index >= 15 is 0 Å². The Morgan fingerprint density at radius 3 is 2.81 bits per heavy atom. The molecule has 1 aliphatic carbocycles. The highest BCUT2D eigenvalue weighted by atomic mass is 35.5. The minimum atomic E-state index is -3.14. The maximum atomic E-state index is 13.7. The Kier molecular flexibility index (Phi) is 6.67. The number of carbonyl (C=O) groups is 1. The van der Waals surface area contributed by atoms with Gasteiger partial charge in [0, 0.05) is 48.5 Å². The Bertz CT molecular complexity index is 1270. The minimum absolute atomic E-state index is 0.0932. The van der Waals surface area contributed by atoms with Crippen molar-refractivity contribution in [2.24, 2.45) is 0 Å². The summed E-state index contributed by atoms with van der Waals surface area (Å²) in [7, 11) is 0. The number of halogens is 3. The average molecular weight is 518 g/mol. The van der Waals surface area contributed by atoms with Crippen molar-refractivity contribution < 1.29 is 23.8 Å². The summed E-state index contributed by atoms with van der Waals surface area (Å²) in [6.07, 6.45) is 1.77. The summed E-state index contributed by atoms with van der Waals surface area (Å²) < 4.78 is 29.2. The first-order valence-electron chi connectivity index (χ1n) is 11.8. The Morgan fingerprint density at radius 1 is 1.25 bits per heavy atom. The second-order valence-corrected chi connectivity index (χ2v) is 9.67. The van der Waals surface area contributed by atoms with Crippen LogP contribution in [0.5, 0.6) is 0 Å². The first kappa shape index (κ1) is 24.6. The summed E-state index contributed by atoms with van der Waals surface area (Å²) in [5.41, 5.74) is 2.44. The zero-order valence-corrected chi connectivity index (χ0v) is 20.1. The molecular weight excluding hydrogens is 492 g/mol. The number of hydrogen-bond donors (Lipinski definition) is 3. The minimum Gasteiger partial charge on any atom is -0.394 e. The van der Waals surface area contributed by atoms with Crippen LogP contribution in [0.4, 0.5) is 14.7 Å². The lowest BCUT2D eigenvalue weighted by Gasteiger charge is -2.29. The summed E-state index contributed by atoms with van der Waals surface area (Å²) in [4.78, 5) is 23.8. The largest absolute Gasteiger partial charge is 0.394 e. The van der Waals surface area contributed by atoms with Crippen LogP contribution in [0.1, 0.15) is 41.4 Å². The molecule has 0 saturated heterocycles. The van der Waals surface area contributed by atoms with Crippen molar-refractivity contribution in [1.29, 1.82) is 0 Å². The van der Waals surface area contributed by atoms with Gasteiger partial charge in [-0.1, -0.05) is 23.7 Å². The number of amides is 1. The Balaban J connectivity index is 1.39. The van der Waals surface area contributed by atoms with Crippen LogP contribution in [0.25, 0.3) is 11.3 Å². The molecular formula is C25H26ClF2N5O3. The first-order chi connectivity index (χ1) is 17.2. The summed E-state index contributed by atoms with van der Waals surface area (Å²) >= 11 is 6.14. The number of benzene rings is 1. The molecule has 0 radical (unpaired) electrons. The lowest BCUT2D eigenvalue weighted by Crippen LogP contribution is -2.36. The predicted octanol–water partition coefficient (Wildman–Crippen LogP) is 3.75. The molecule has 190 valence electrons. The zero-order chi connectivity index (χ0) is 25.4. The number of aryl methyl sites for hydroxylation is 1. The molecule has 3 atom stereocenters. The van der Waals surface area contributed by atoms with Crippen LogP contribution < -0.4 is 5.32 Å². The molecule has 3 aromatic rings. The van der Waals surface area contributed by atoms with Crippen LogP contribution >= 0.6 is 11.6 Å². The highest BCUT2D eigenvalue weighted by Gasteiger charge is 2.48. The molecule has 11 heteroatoms. The van der Waals surface area contributed by atoms with E-state index in [1.807, 2.05) is 16.8 Å². The molecule has 1 amide bonds. The van der Waals surface area contributed by atoms with Crippen molar-refractivity contribution >= 4 is 23.5 Å². The molecule has 0 spiro atoms. The Hall–Kier alpha value is -3.08. The third kappa shape index (κ3) is 4.80. The number of nitrogens with one attached hydrogen (secondary N) is 1. The van der Waals surface area contributed by atoms with Crippen LogP contribution in [-0.4, -0.2) is 66.8 Å². The molecule has 2 aliphatic rings. The van der Waals surface area contributed by atoms with Crippen LogP contribution in [0, 0.1) is 0 Å². The second kappa shape index (κ2) is 9.76. The summed E-state index contributed by atoms with van der Waals surface area (Å²) in [5.74, 6) is -3.18. The maximum Gasteiger partial charge on any atom is 0.275 e. The van der Waals surface area contributed by atoms with Gasteiger partial charge in [0.25, 0.3) is 11.8 Å². The molecule has 2 aromatic heterocycles. The van der Waals surface area contributed by atoms with Crippen LogP contribution in [-0.2, 0) is 6.54 Å². The summed E-state index contributed by atoms with van der Waals surface area (Å²) in [6, 6.07) is 9.37. The van der Waals surface area contributed by atoms with E-state index in [4.69, 9.17) is 11.6 Å². The third-order valence-corrected chi connectivity index (χ3v) is 6.99. The van der Waals surface area contributed by atoms with Gasteiger partial charge in [-0.25, -0.2) is 18.7 Å². The van der Waals surface area contributed by atoms with Gasteiger partial charge in [0.2, 0.25) is 5.95 Å². The van der Waals surface area contributed by atoms with Gasteiger partial charge in [-0.15, -0.1) is 0 Å². The fourth-order valence-corrected chi connectivity index (χ4v) is 5.14. The Labute approximate surface area is 211 Å². The van der Waals surface area contributed by atoms with E-state index < -0.39 is 30.5 Å². The van der Waals surface area contributed by atoms with Crippen LogP contribution in [0.3, 0.4) is 0 Å². The van der Waals surface area contributed by atoms with E-state index in [9.17, 15) is 23.8 Å². The van der Waals surface area contributed by atoms with Crippen LogP contribution in [0.2, 0.25) is 5.02 Å². The topological polar surface area (TPSA) is 104 Å². The normalized spacial score (nSPS) is 22.2.